The van der Waals surface area contributed by atoms with Crippen molar-refractivity contribution in [2.75, 3.05) is 33.1 Å². The van der Waals surface area contributed by atoms with Crippen LogP contribution in [0.5, 0.6) is 0 Å². The van der Waals surface area contributed by atoms with Crippen LogP contribution in [-0.2, 0) is 19.6 Å². The summed E-state index contributed by atoms with van der Waals surface area (Å²) in [6, 6.07) is -0.0410. The topological polar surface area (TPSA) is 75.7 Å². The van der Waals surface area contributed by atoms with Gasteiger partial charge in [0, 0.05) is 19.7 Å². The smallest absolute Gasteiger partial charge is 0.235 e. The highest BCUT2D eigenvalue weighted by atomic mass is 32.2. The molecule has 0 bridgehead atoms. The van der Waals surface area contributed by atoms with Crippen molar-refractivity contribution in [2.45, 2.75) is 44.6 Å². The molecule has 0 saturated heterocycles. The van der Waals surface area contributed by atoms with Crippen LogP contribution in [0.3, 0.4) is 0 Å². The number of hydrogen-bond acceptors (Lipinski definition) is 4. The summed E-state index contributed by atoms with van der Waals surface area (Å²) in [5.74, 6) is -0.267. The third kappa shape index (κ3) is 6.19. The van der Waals surface area contributed by atoms with E-state index in [-0.39, 0.29) is 18.5 Å². The van der Waals surface area contributed by atoms with E-state index in [9.17, 15) is 13.2 Å². The molecule has 20 heavy (non-hydrogen) atoms. The van der Waals surface area contributed by atoms with Gasteiger partial charge < -0.3 is 10.1 Å². The Morgan fingerprint density at radius 2 is 1.85 bits per heavy atom. The van der Waals surface area contributed by atoms with E-state index >= 15 is 0 Å². The molecular weight excluding hydrogens is 280 g/mol. The maximum atomic E-state index is 11.9. The number of nitrogens with one attached hydrogen (secondary N) is 1. The first-order chi connectivity index (χ1) is 9.45. The van der Waals surface area contributed by atoms with Gasteiger partial charge in [-0.1, -0.05) is 25.7 Å². The van der Waals surface area contributed by atoms with Gasteiger partial charge in [0.05, 0.1) is 19.4 Å². The maximum Gasteiger partial charge on any atom is 0.235 e. The highest BCUT2D eigenvalue weighted by Crippen LogP contribution is 2.23. The number of amides is 1. The number of rotatable bonds is 7. The zero-order valence-electron chi connectivity index (χ0n) is 12.4. The van der Waals surface area contributed by atoms with Crippen LogP contribution in [0.2, 0.25) is 0 Å². The second-order valence-electron chi connectivity index (χ2n) is 5.30. The molecule has 0 unspecified atom stereocenters. The third-order valence-electron chi connectivity index (χ3n) is 3.59. The number of sulfonamides is 1. The minimum absolute atomic E-state index is 0.0410. The number of methoxy groups -OCH3 is 1. The molecule has 1 amide bonds. The second-order valence-corrected chi connectivity index (χ2v) is 7.23. The van der Waals surface area contributed by atoms with Crippen LogP contribution < -0.4 is 5.32 Å². The van der Waals surface area contributed by atoms with E-state index in [1.54, 1.807) is 7.11 Å². The van der Waals surface area contributed by atoms with Gasteiger partial charge in [0.1, 0.15) is 0 Å². The minimum atomic E-state index is -3.37. The van der Waals surface area contributed by atoms with E-state index in [2.05, 4.69) is 5.32 Å². The summed E-state index contributed by atoms with van der Waals surface area (Å²) >= 11 is 0. The predicted octanol–water partition coefficient (Wildman–Crippen LogP) is 0.733. The van der Waals surface area contributed by atoms with Crippen LogP contribution >= 0.6 is 0 Å². The highest BCUT2D eigenvalue weighted by molar-refractivity contribution is 7.88. The molecule has 1 fully saturated rings. The molecule has 0 aromatic carbocycles. The molecule has 1 aliphatic carbocycles. The fourth-order valence-electron chi connectivity index (χ4n) is 2.55. The fraction of sp³-hybridized carbons (Fsp3) is 0.923. The molecule has 0 radical (unpaired) electrons. The molecule has 1 saturated carbocycles. The molecule has 0 aliphatic heterocycles. The highest BCUT2D eigenvalue weighted by Gasteiger charge is 2.29. The first-order valence-electron chi connectivity index (χ1n) is 7.17. The van der Waals surface area contributed by atoms with Crippen molar-refractivity contribution in [1.29, 1.82) is 0 Å². The molecule has 7 heteroatoms. The molecule has 1 rings (SSSR count). The van der Waals surface area contributed by atoms with Crippen LogP contribution in [0.15, 0.2) is 0 Å². The van der Waals surface area contributed by atoms with Gasteiger partial charge in [-0.15, -0.1) is 0 Å². The molecule has 0 spiro atoms. The molecular formula is C13H26N2O4S. The van der Waals surface area contributed by atoms with Crippen molar-refractivity contribution >= 4 is 15.9 Å². The monoisotopic (exact) mass is 306 g/mol. The van der Waals surface area contributed by atoms with Gasteiger partial charge in [-0.05, 0) is 12.8 Å². The van der Waals surface area contributed by atoms with Gasteiger partial charge in [0.25, 0.3) is 0 Å². The van der Waals surface area contributed by atoms with Crippen molar-refractivity contribution in [3.05, 3.63) is 0 Å². The van der Waals surface area contributed by atoms with Crippen LogP contribution in [0.1, 0.15) is 38.5 Å². The van der Waals surface area contributed by atoms with Crippen LogP contribution in [-0.4, -0.2) is 57.7 Å². The Morgan fingerprint density at radius 3 is 2.35 bits per heavy atom. The Balaban J connectivity index is 2.62. The van der Waals surface area contributed by atoms with E-state index in [0.29, 0.717) is 13.2 Å². The third-order valence-corrected chi connectivity index (χ3v) is 4.86. The van der Waals surface area contributed by atoms with E-state index < -0.39 is 10.0 Å². The zero-order valence-corrected chi connectivity index (χ0v) is 13.2. The summed E-state index contributed by atoms with van der Waals surface area (Å²) in [5.41, 5.74) is 0. The Labute approximate surface area is 121 Å². The number of carbonyl (C=O) groups is 1. The average molecular weight is 306 g/mol. The van der Waals surface area contributed by atoms with Gasteiger partial charge >= 0.3 is 0 Å². The fourth-order valence-corrected chi connectivity index (χ4v) is 3.66. The summed E-state index contributed by atoms with van der Waals surface area (Å²) in [6.45, 7) is 0.735. The maximum absolute atomic E-state index is 11.9. The van der Waals surface area contributed by atoms with Crippen LogP contribution in [0, 0.1) is 0 Å². The lowest BCUT2D eigenvalue weighted by atomic mass is 10.1. The van der Waals surface area contributed by atoms with E-state index in [1.807, 2.05) is 0 Å². The van der Waals surface area contributed by atoms with Gasteiger partial charge in [0.2, 0.25) is 15.9 Å². The molecule has 0 heterocycles. The number of carbonyl (C=O) groups excluding carboxylic acids is 1. The van der Waals surface area contributed by atoms with Crippen molar-refractivity contribution < 1.29 is 17.9 Å². The van der Waals surface area contributed by atoms with Gasteiger partial charge in [0.15, 0.2) is 0 Å². The van der Waals surface area contributed by atoms with Gasteiger partial charge in [-0.3, -0.25) is 4.79 Å². The van der Waals surface area contributed by atoms with Crippen LogP contribution in [0.25, 0.3) is 0 Å². The Kier molecular flexibility index (Phi) is 7.47. The van der Waals surface area contributed by atoms with Crippen molar-refractivity contribution in [1.82, 2.24) is 9.62 Å². The Morgan fingerprint density at radius 1 is 1.25 bits per heavy atom. The first kappa shape index (κ1) is 17.4. The quantitative estimate of drug-likeness (QED) is 0.556. The molecule has 0 aromatic rings. The van der Waals surface area contributed by atoms with Crippen molar-refractivity contribution in [3.8, 4) is 0 Å². The normalized spacial score (nSPS) is 17.9. The Bertz CT molecular complexity index is 389. The standard InChI is InChI=1S/C13H26N2O4S/c1-19-10-9-14-13(16)11-15(20(2,17)18)12-7-5-3-4-6-8-12/h12H,3-11H2,1-2H3,(H,14,16). The Hall–Kier alpha value is -0.660. The zero-order chi connectivity index (χ0) is 15.0. The molecule has 0 atom stereocenters. The lowest BCUT2D eigenvalue weighted by molar-refractivity contribution is -0.121. The molecule has 1 N–H and O–H groups in total. The van der Waals surface area contributed by atoms with Crippen LogP contribution in [0.4, 0.5) is 0 Å². The lowest BCUT2D eigenvalue weighted by Crippen LogP contribution is -2.46. The molecule has 6 nitrogen and oxygen atoms in total. The number of nitrogens with zero attached hydrogens (tertiary/aromatic N) is 1. The minimum Gasteiger partial charge on any atom is -0.383 e. The molecule has 0 aromatic heterocycles. The summed E-state index contributed by atoms with van der Waals surface area (Å²) in [7, 11) is -1.81. The SMILES string of the molecule is COCCNC(=O)CN(C1CCCCCC1)S(C)(=O)=O. The second kappa shape index (κ2) is 8.59. The predicted molar refractivity (Wildman–Crippen MR) is 77.9 cm³/mol. The number of ether oxygens (including phenoxy) is 1. The van der Waals surface area contributed by atoms with Crippen molar-refractivity contribution in [3.63, 3.8) is 0 Å². The number of hydrogen-bond donors (Lipinski definition) is 1. The average Bonchev–Trinajstić information content (AvgIpc) is 2.63. The van der Waals surface area contributed by atoms with Crippen molar-refractivity contribution in [2.24, 2.45) is 0 Å². The summed E-state index contributed by atoms with van der Waals surface area (Å²) in [4.78, 5) is 11.8. The summed E-state index contributed by atoms with van der Waals surface area (Å²) in [5, 5.41) is 2.67. The first-order valence-corrected chi connectivity index (χ1v) is 9.02. The summed E-state index contributed by atoms with van der Waals surface area (Å²) < 4.78 is 30.1. The lowest BCUT2D eigenvalue weighted by Gasteiger charge is -2.28. The molecule has 118 valence electrons. The van der Waals surface area contributed by atoms with Gasteiger partial charge in [-0.2, -0.15) is 4.31 Å². The van der Waals surface area contributed by atoms with E-state index in [1.165, 1.54) is 10.6 Å². The van der Waals surface area contributed by atoms with E-state index in [4.69, 9.17) is 4.74 Å². The largest absolute Gasteiger partial charge is 0.383 e. The van der Waals surface area contributed by atoms with Gasteiger partial charge in [-0.25, -0.2) is 8.42 Å². The van der Waals surface area contributed by atoms with E-state index in [0.717, 1.165) is 38.5 Å². The molecule has 1 aliphatic rings. The summed E-state index contributed by atoms with van der Waals surface area (Å²) in [6.07, 6.45) is 7.23.